The van der Waals surface area contributed by atoms with E-state index in [1.165, 1.54) is 69.3 Å². The first kappa shape index (κ1) is 30.2. The second-order valence-corrected chi connectivity index (χ2v) is 28.6. The molecule has 0 fully saturated rings. The summed E-state index contributed by atoms with van der Waals surface area (Å²) in [6, 6.07) is 40.2. The summed E-state index contributed by atoms with van der Waals surface area (Å²) in [6.07, 6.45) is 3.56. The van der Waals surface area contributed by atoms with Crippen molar-refractivity contribution < 1.29 is 17.9 Å². The fourth-order valence-electron chi connectivity index (χ4n) is 7.54. The topological polar surface area (TPSA) is 0 Å². The van der Waals surface area contributed by atoms with E-state index in [0.717, 1.165) is 6.42 Å². The molecule has 2 atom stereocenters. The standard InChI is InChI=1S/C28H29.C12H9Si.2ClH.Zr/c1-5-20(4)23-17-22-15-16-25(21-11-7-6-8-12-21)28(27(22)18-23)26-14-10-9-13-24(26)19(2)3;1-3-7-11-9(5-1)10-6-2-4-8-12(10)13-11;;;/h6-20H,5H2,1-4H3;1-7H,13H2;2*1H;/q;;;;+2/p-2. The number of rotatable bonds is 7. The van der Waals surface area contributed by atoms with Gasteiger partial charge in [-0.05, 0) is 0 Å². The van der Waals surface area contributed by atoms with Gasteiger partial charge in [-0.2, -0.15) is 0 Å². The number of benzene rings is 5. The van der Waals surface area contributed by atoms with Crippen LogP contribution in [-0.2, 0) is 17.9 Å². The summed E-state index contributed by atoms with van der Waals surface area (Å²) in [7, 11) is 15.4. The van der Waals surface area contributed by atoms with Crippen LogP contribution in [0.1, 0.15) is 60.3 Å². The first-order valence-corrected chi connectivity index (χ1v) is 26.3. The molecule has 0 bridgehead atoms. The van der Waals surface area contributed by atoms with E-state index < -0.39 is 27.4 Å². The van der Waals surface area contributed by atoms with Gasteiger partial charge in [-0.3, -0.25) is 0 Å². The Kier molecular flexibility index (Phi) is 8.26. The van der Waals surface area contributed by atoms with Gasteiger partial charge in [0, 0.05) is 0 Å². The second kappa shape index (κ2) is 12.0. The minimum absolute atomic E-state index is 0.0663. The fraction of sp³-hybridized carbons (Fsp3) is 0.200. The number of hydrogen-bond acceptors (Lipinski definition) is 0. The Morgan fingerprint density at radius 2 is 1.39 bits per heavy atom. The summed E-state index contributed by atoms with van der Waals surface area (Å²) >= 11 is -4.09. The first-order chi connectivity index (χ1) is 21.3. The van der Waals surface area contributed by atoms with Gasteiger partial charge in [0.1, 0.15) is 0 Å². The predicted octanol–water partition coefficient (Wildman–Crippen LogP) is 9.52. The van der Waals surface area contributed by atoms with Crippen LogP contribution in [-0.4, -0.2) is 9.52 Å². The van der Waals surface area contributed by atoms with Crippen molar-refractivity contribution >= 4 is 46.3 Å². The third-order valence-corrected chi connectivity index (χ3v) is 24.2. The van der Waals surface area contributed by atoms with Crippen molar-refractivity contribution in [3.05, 3.63) is 131 Å². The zero-order valence-corrected chi connectivity index (χ0v) is 31.3. The molecule has 0 radical (unpaired) electrons. The Morgan fingerprint density at radius 3 is 2.14 bits per heavy atom. The molecule has 2 aliphatic rings. The maximum atomic E-state index is 8.01. The summed E-state index contributed by atoms with van der Waals surface area (Å²) in [6.45, 7) is 9.24. The summed E-state index contributed by atoms with van der Waals surface area (Å²) in [5.74, 6) is 0.791. The van der Waals surface area contributed by atoms with E-state index >= 15 is 0 Å². The van der Waals surface area contributed by atoms with Crippen LogP contribution >= 0.6 is 17.0 Å². The Bertz CT molecular complexity index is 1910. The van der Waals surface area contributed by atoms with Crippen LogP contribution in [0.3, 0.4) is 0 Å². The molecule has 1 heterocycles. The molecular weight excluding hydrogens is 671 g/mol. The van der Waals surface area contributed by atoms with Crippen LogP contribution in [0.5, 0.6) is 0 Å². The van der Waals surface area contributed by atoms with Gasteiger partial charge < -0.3 is 0 Å². The molecule has 0 saturated carbocycles. The van der Waals surface area contributed by atoms with Gasteiger partial charge in [0.15, 0.2) is 0 Å². The average Bonchev–Trinajstić information content (AvgIpc) is 3.64. The van der Waals surface area contributed by atoms with E-state index in [4.69, 9.17) is 17.0 Å². The van der Waals surface area contributed by atoms with E-state index in [1.807, 2.05) is 0 Å². The molecule has 5 aromatic carbocycles. The van der Waals surface area contributed by atoms with E-state index in [2.05, 4.69) is 143 Å². The minimum atomic E-state index is -4.09. The van der Waals surface area contributed by atoms with Crippen LogP contribution in [0.4, 0.5) is 0 Å². The van der Waals surface area contributed by atoms with Crippen LogP contribution in [0.15, 0.2) is 115 Å². The van der Waals surface area contributed by atoms with Gasteiger partial charge in [0.05, 0.1) is 0 Å². The van der Waals surface area contributed by atoms with Crippen molar-refractivity contribution in [2.75, 3.05) is 0 Å². The Hall–Kier alpha value is -2.48. The zero-order valence-electron chi connectivity index (χ0n) is 25.9. The Labute approximate surface area is 276 Å². The van der Waals surface area contributed by atoms with Gasteiger partial charge in [-0.25, -0.2) is 0 Å². The monoisotopic (exact) mass is 706 g/mol. The number of fused-ring (bicyclic) bond motifs is 4. The summed E-state index contributed by atoms with van der Waals surface area (Å²) in [5, 5.41) is 2.99. The summed E-state index contributed by atoms with van der Waals surface area (Å²) in [4.78, 5) is 0. The van der Waals surface area contributed by atoms with Gasteiger partial charge in [-0.1, -0.05) is 0 Å². The number of allylic oxidation sites excluding steroid dienone is 1. The molecule has 1 aliphatic heterocycles. The van der Waals surface area contributed by atoms with E-state index in [1.54, 1.807) is 0 Å². The Balaban J connectivity index is 1.48. The average molecular weight is 709 g/mol. The van der Waals surface area contributed by atoms with Crippen molar-refractivity contribution in [1.82, 2.24) is 0 Å². The molecule has 0 amide bonds. The molecular formula is C40H38Cl2SiZr. The molecule has 44 heavy (non-hydrogen) atoms. The van der Waals surface area contributed by atoms with E-state index in [0.29, 0.717) is 11.8 Å². The summed E-state index contributed by atoms with van der Waals surface area (Å²) in [5.41, 5.74) is 13.3. The molecule has 0 saturated heterocycles. The van der Waals surface area contributed by atoms with Crippen LogP contribution < -0.4 is 13.6 Å². The second-order valence-electron chi connectivity index (χ2n) is 12.8. The molecule has 5 aromatic rings. The number of halogens is 2. The first-order valence-electron chi connectivity index (χ1n) is 15.9. The molecule has 2 unspecified atom stereocenters. The molecule has 0 nitrogen and oxygen atoms in total. The third-order valence-electron chi connectivity index (χ3n) is 9.93. The van der Waals surface area contributed by atoms with Crippen molar-refractivity contribution in [3.8, 4) is 33.4 Å². The van der Waals surface area contributed by atoms with Gasteiger partial charge in [-0.15, -0.1) is 0 Å². The van der Waals surface area contributed by atoms with Crippen molar-refractivity contribution in [2.24, 2.45) is 5.92 Å². The van der Waals surface area contributed by atoms with E-state index in [9.17, 15) is 0 Å². The van der Waals surface area contributed by atoms with Crippen LogP contribution in [0.2, 0.25) is 0 Å². The molecule has 7 rings (SSSR count). The molecule has 1 aliphatic carbocycles. The molecule has 0 spiro atoms. The zero-order chi connectivity index (χ0) is 30.6. The van der Waals surface area contributed by atoms with Crippen molar-refractivity contribution in [3.63, 3.8) is 0 Å². The molecule has 4 heteroatoms. The van der Waals surface area contributed by atoms with Gasteiger partial charge in [0.2, 0.25) is 0 Å². The SMILES string of the molecule is CCC(C)C1=Cc2c(ccc(-c3ccccc3)c2-c2ccccc2C(C)C)[CH]1[Zr]([Cl])([Cl])[c]1cccc2c1[SiH2]c1ccccc1-2. The molecule has 220 valence electrons. The normalized spacial score (nSPS) is 16.5. The predicted molar refractivity (Wildman–Crippen MR) is 193 cm³/mol. The van der Waals surface area contributed by atoms with Crippen molar-refractivity contribution in [2.45, 2.75) is 43.7 Å². The summed E-state index contributed by atoms with van der Waals surface area (Å²) < 4.78 is 1.36. The fourth-order valence-corrected chi connectivity index (χ4v) is 24.5. The quantitative estimate of drug-likeness (QED) is 0.145. The van der Waals surface area contributed by atoms with Gasteiger partial charge in [0.25, 0.3) is 0 Å². The van der Waals surface area contributed by atoms with Gasteiger partial charge >= 0.3 is 279 Å². The molecule has 0 aromatic heterocycles. The third kappa shape index (κ3) is 4.98. The van der Waals surface area contributed by atoms with Crippen molar-refractivity contribution in [1.29, 1.82) is 0 Å². The van der Waals surface area contributed by atoms with E-state index in [-0.39, 0.29) is 3.63 Å². The van der Waals surface area contributed by atoms with Crippen LogP contribution in [0.25, 0.3) is 39.5 Å². The molecule has 0 N–H and O–H groups in total. The van der Waals surface area contributed by atoms with Crippen LogP contribution in [0, 0.1) is 5.92 Å². The maximum absolute atomic E-state index is 8.01. The Morgan fingerprint density at radius 1 is 0.705 bits per heavy atom. The number of hydrogen-bond donors (Lipinski definition) is 0.